The molecule has 0 saturated carbocycles. The van der Waals surface area contributed by atoms with E-state index < -0.39 is 5.91 Å². The first-order chi connectivity index (χ1) is 10.0. The van der Waals surface area contributed by atoms with E-state index in [1.807, 2.05) is 0 Å². The Hall–Kier alpha value is -2.28. The highest BCUT2D eigenvalue weighted by Gasteiger charge is 2.09. The lowest BCUT2D eigenvalue weighted by molar-refractivity contribution is -0.117. The highest BCUT2D eigenvalue weighted by atomic mass is 32.1. The third-order valence-electron chi connectivity index (χ3n) is 2.73. The van der Waals surface area contributed by atoms with Crippen LogP contribution in [0.5, 0.6) is 0 Å². The van der Waals surface area contributed by atoms with Crippen molar-refractivity contribution in [2.45, 2.75) is 19.3 Å². The number of nitrogens with two attached hydrogens (primary N) is 1. The average Bonchev–Trinajstić information content (AvgIpc) is 2.84. The fourth-order valence-electron chi connectivity index (χ4n) is 1.76. The molecule has 0 atom stereocenters. The van der Waals surface area contributed by atoms with Crippen LogP contribution in [0.1, 0.15) is 17.7 Å². The lowest BCUT2D eigenvalue weighted by atomic mass is 10.1. The number of carbonyl (C=O) groups is 2. The molecular formula is C14H14FN3O2S. The van der Waals surface area contributed by atoms with Crippen LogP contribution in [0.3, 0.4) is 0 Å². The van der Waals surface area contributed by atoms with Gasteiger partial charge in [0.2, 0.25) is 11.8 Å². The normalized spacial score (nSPS) is 10.3. The summed E-state index contributed by atoms with van der Waals surface area (Å²) >= 11 is 1.22. The van der Waals surface area contributed by atoms with E-state index in [9.17, 15) is 14.0 Å². The van der Waals surface area contributed by atoms with E-state index in [0.29, 0.717) is 22.8 Å². The van der Waals surface area contributed by atoms with Crippen LogP contribution in [0.15, 0.2) is 29.6 Å². The number of nitrogens with zero attached hydrogens (tertiary/aromatic N) is 1. The number of carbonyl (C=O) groups excluding carboxylic acids is 2. The van der Waals surface area contributed by atoms with Crippen molar-refractivity contribution in [3.63, 3.8) is 0 Å². The quantitative estimate of drug-likeness (QED) is 0.854. The number of aromatic nitrogens is 1. The Bertz CT molecular complexity index is 657. The number of anilines is 1. The van der Waals surface area contributed by atoms with Gasteiger partial charge in [0.15, 0.2) is 5.13 Å². The van der Waals surface area contributed by atoms with Gasteiger partial charge in [-0.05, 0) is 18.1 Å². The van der Waals surface area contributed by atoms with E-state index in [0.717, 1.165) is 0 Å². The number of hydrogen-bond donors (Lipinski definition) is 2. The molecule has 0 unspecified atom stereocenters. The molecule has 1 aromatic carbocycles. The van der Waals surface area contributed by atoms with Gasteiger partial charge in [-0.1, -0.05) is 18.2 Å². The summed E-state index contributed by atoms with van der Waals surface area (Å²) in [6.45, 7) is 0. The predicted molar refractivity (Wildman–Crippen MR) is 78.4 cm³/mol. The number of thiazole rings is 1. The Balaban J connectivity index is 1.86. The molecule has 2 rings (SSSR count). The molecule has 0 aliphatic rings. The average molecular weight is 307 g/mol. The minimum absolute atomic E-state index is 0.0433. The van der Waals surface area contributed by atoms with Crippen molar-refractivity contribution in [1.29, 1.82) is 0 Å². The smallest absolute Gasteiger partial charge is 0.226 e. The van der Waals surface area contributed by atoms with Crippen molar-refractivity contribution in [3.8, 4) is 0 Å². The van der Waals surface area contributed by atoms with Crippen molar-refractivity contribution in [2.24, 2.45) is 5.73 Å². The zero-order valence-corrected chi connectivity index (χ0v) is 12.0. The van der Waals surface area contributed by atoms with Gasteiger partial charge in [-0.2, -0.15) is 0 Å². The van der Waals surface area contributed by atoms with E-state index in [1.165, 1.54) is 17.4 Å². The van der Waals surface area contributed by atoms with Crippen molar-refractivity contribution in [1.82, 2.24) is 4.98 Å². The Labute approximate surface area is 125 Å². The summed E-state index contributed by atoms with van der Waals surface area (Å²) < 4.78 is 13.4. The number of nitrogens with one attached hydrogen (secondary N) is 1. The van der Waals surface area contributed by atoms with Gasteiger partial charge in [0, 0.05) is 11.8 Å². The number of amides is 2. The summed E-state index contributed by atoms with van der Waals surface area (Å²) in [6, 6.07) is 6.35. The first kappa shape index (κ1) is 15.1. The monoisotopic (exact) mass is 307 g/mol. The van der Waals surface area contributed by atoms with Crippen molar-refractivity contribution >= 4 is 28.3 Å². The number of primary amides is 1. The molecule has 3 N–H and O–H groups in total. The number of aryl methyl sites for hydroxylation is 1. The minimum Gasteiger partial charge on any atom is -0.369 e. The summed E-state index contributed by atoms with van der Waals surface area (Å²) in [4.78, 5) is 26.6. The second kappa shape index (κ2) is 6.94. The third-order valence-corrected chi connectivity index (χ3v) is 3.54. The van der Waals surface area contributed by atoms with Crippen LogP contribution in [-0.4, -0.2) is 16.8 Å². The Morgan fingerprint density at radius 3 is 2.81 bits per heavy atom. The molecule has 1 aromatic heterocycles. The van der Waals surface area contributed by atoms with Crippen molar-refractivity contribution < 1.29 is 14.0 Å². The molecule has 0 fully saturated rings. The second-order valence-corrected chi connectivity index (χ2v) is 5.28. The fourth-order valence-corrected chi connectivity index (χ4v) is 2.48. The van der Waals surface area contributed by atoms with E-state index >= 15 is 0 Å². The van der Waals surface area contributed by atoms with E-state index in [1.54, 1.807) is 23.6 Å². The van der Waals surface area contributed by atoms with Crippen molar-refractivity contribution in [3.05, 3.63) is 46.7 Å². The van der Waals surface area contributed by atoms with E-state index in [-0.39, 0.29) is 24.6 Å². The zero-order chi connectivity index (χ0) is 15.2. The summed E-state index contributed by atoms with van der Waals surface area (Å²) in [5.41, 5.74) is 6.09. The standard InChI is InChI=1S/C14H14FN3O2S/c15-11-4-2-1-3-9(11)5-6-13(20)18-14-17-10(8-21-14)7-12(16)19/h1-4,8H,5-7H2,(H2,16,19)(H,17,18,20). The SMILES string of the molecule is NC(=O)Cc1csc(NC(=O)CCc2ccccc2F)n1. The first-order valence-corrected chi connectivity index (χ1v) is 7.18. The molecule has 7 heteroatoms. The minimum atomic E-state index is -0.474. The number of hydrogen-bond acceptors (Lipinski definition) is 4. The van der Waals surface area contributed by atoms with Crippen molar-refractivity contribution in [2.75, 3.05) is 5.32 Å². The van der Waals surface area contributed by atoms with Gasteiger partial charge in [0.1, 0.15) is 5.82 Å². The molecular weight excluding hydrogens is 293 g/mol. The summed E-state index contributed by atoms with van der Waals surface area (Å²) in [5, 5.41) is 4.69. The topological polar surface area (TPSA) is 85.1 Å². The molecule has 1 heterocycles. The van der Waals surface area contributed by atoms with Crippen LogP contribution in [0.2, 0.25) is 0 Å². The highest BCUT2D eigenvalue weighted by Crippen LogP contribution is 2.16. The maximum absolute atomic E-state index is 13.4. The van der Waals surface area contributed by atoms with Crippen LogP contribution in [-0.2, 0) is 22.4 Å². The molecule has 21 heavy (non-hydrogen) atoms. The van der Waals surface area contributed by atoms with Gasteiger partial charge in [0.05, 0.1) is 12.1 Å². The summed E-state index contributed by atoms with van der Waals surface area (Å²) in [5.74, 6) is -1.04. The number of halogens is 1. The van der Waals surface area contributed by atoms with Crippen LogP contribution in [0.25, 0.3) is 0 Å². The number of rotatable bonds is 6. The van der Waals surface area contributed by atoms with Gasteiger partial charge in [-0.3, -0.25) is 9.59 Å². The number of benzene rings is 1. The van der Waals surface area contributed by atoms with Crippen LogP contribution < -0.4 is 11.1 Å². The molecule has 0 saturated heterocycles. The van der Waals surface area contributed by atoms with Crippen LogP contribution in [0, 0.1) is 5.82 Å². The molecule has 0 aliphatic carbocycles. The van der Waals surface area contributed by atoms with Gasteiger partial charge in [-0.15, -0.1) is 11.3 Å². The fraction of sp³-hybridized carbons (Fsp3) is 0.214. The van der Waals surface area contributed by atoms with E-state index in [4.69, 9.17) is 5.73 Å². The molecule has 2 aromatic rings. The zero-order valence-electron chi connectivity index (χ0n) is 11.1. The lowest BCUT2D eigenvalue weighted by Crippen LogP contribution is -2.15. The molecule has 2 amide bonds. The molecule has 0 aliphatic heterocycles. The second-order valence-electron chi connectivity index (χ2n) is 4.43. The maximum atomic E-state index is 13.4. The van der Waals surface area contributed by atoms with Gasteiger partial charge in [0.25, 0.3) is 0 Å². The molecule has 5 nitrogen and oxygen atoms in total. The van der Waals surface area contributed by atoms with Gasteiger partial charge in [-0.25, -0.2) is 9.37 Å². The van der Waals surface area contributed by atoms with Crippen LogP contribution in [0.4, 0.5) is 9.52 Å². The maximum Gasteiger partial charge on any atom is 0.226 e. The Morgan fingerprint density at radius 1 is 1.33 bits per heavy atom. The highest BCUT2D eigenvalue weighted by molar-refractivity contribution is 7.13. The molecule has 0 radical (unpaired) electrons. The summed E-state index contributed by atoms with van der Waals surface area (Å²) in [6.07, 6.45) is 0.519. The third kappa shape index (κ3) is 4.64. The largest absolute Gasteiger partial charge is 0.369 e. The van der Waals surface area contributed by atoms with Gasteiger partial charge >= 0.3 is 0 Å². The van der Waals surface area contributed by atoms with Crippen LogP contribution >= 0.6 is 11.3 Å². The van der Waals surface area contributed by atoms with E-state index in [2.05, 4.69) is 10.3 Å². The summed E-state index contributed by atoms with van der Waals surface area (Å²) in [7, 11) is 0. The lowest BCUT2D eigenvalue weighted by Gasteiger charge is -2.03. The van der Waals surface area contributed by atoms with Gasteiger partial charge < -0.3 is 11.1 Å². The Morgan fingerprint density at radius 2 is 2.10 bits per heavy atom. The predicted octanol–water partition coefficient (Wildman–Crippen LogP) is 1.88. The molecule has 0 spiro atoms. The molecule has 110 valence electrons. The molecule has 0 bridgehead atoms. The Kier molecular flexibility index (Phi) is 4.99. The first-order valence-electron chi connectivity index (χ1n) is 6.30.